The third-order valence-corrected chi connectivity index (χ3v) is 3.42. The first kappa shape index (κ1) is 15.6. The van der Waals surface area contributed by atoms with Crippen LogP contribution in [0.25, 0.3) is 11.3 Å². The van der Waals surface area contributed by atoms with Crippen molar-refractivity contribution in [1.29, 1.82) is 0 Å². The minimum atomic E-state index is -0.941. The lowest BCUT2D eigenvalue weighted by molar-refractivity contribution is -0.143. The Morgan fingerprint density at radius 2 is 1.79 bits per heavy atom. The zero-order valence-electron chi connectivity index (χ0n) is 12.4. The molecule has 1 aliphatic rings. The number of hydrogen-bond donors (Lipinski definition) is 0. The lowest BCUT2D eigenvalue weighted by atomic mass is 10.2. The van der Waals surface area contributed by atoms with Gasteiger partial charge in [-0.1, -0.05) is 6.08 Å². The molecule has 0 saturated carbocycles. The summed E-state index contributed by atoms with van der Waals surface area (Å²) in [6.07, 6.45) is 2.75. The number of aromatic nitrogens is 1. The van der Waals surface area contributed by atoms with Gasteiger partial charge in [0.25, 0.3) is 0 Å². The lowest BCUT2D eigenvalue weighted by Crippen LogP contribution is -2.33. The quantitative estimate of drug-likeness (QED) is 0.476. The van der Waals surface area contributed by atoms with Crippen LogP contribution in [0, 0.1) is 5.82 Å². The number of rotatable bonds is 5. The Kier molecular flexibility index (Phi) is 3.95. The Bertz CT molecular complexity index is 828. The number of imide groups is 2. The number of carbonyl (C=O) groups excluding carboxylic acids is 3. The Hall–Kier alpha value is -3.29. The summed E-state index contributed by atoms with van der Waals surface area (Å²) in [6, 6.07) is 4.84. The second-order valence-corrected chi connectivity index (χ2v) is 5.00. The topological polar surface area (TPSA) is 83.7 Å². The normalized spacial score (nSPS) is 14.6. The monoisotopic (exact) mass is 329 g/mol. The van der Waals surface area contributed by atoms with Crippen LogP contribution in [0.4, 0.5) is 9.18 Å². The molecule has 2 heterocycles. The number of hydrogen-bond acceptors (Lipinski definition) is 5. The minimum absolute atomic E-state index is 0.0493. The molecule has 1 aromatic heterocycles. The van der Waals surface area contributed by atoms with Gasteiger partial charge in [-0.15, -0.1) is 6.58 Å². The van der Waals surface area contributed by atoms with Crippen LogP contribution in [-0.4, -0.2) is 39.2 Å². The number of benzene rings is 1. The third-order valence-electron chi connectivity index (χ3n) is 3.42. The summed E-state index contributed by atoms with van der Waals surface area (Å²) in [5, 5.41) is 0. The number of carbonyl (C=O) groups is 3. The maximum Gasteiger partial charge on any atom is 0.335 e. The van der Waals surface area contributed by atoms with Crippen LogP contribution in [0.15, 0.2) is 47.5 Å². The van der Waals surface area contributed by atoms with Crippen molar-refractivity contribution in [2.24, 2.45) is 0 Å². The number of halogens is 1. The molecule has 7 nitrogen and oxygen atoms in total. The average molecular weight is 329 g/mol. The molecule has 0 radical (unpaired) electrons. The predicted molar refractivity (Wildman–Crippen MR) is 79.8 cm³/mol. The Morgan fingerprint density at radius 3 is 2.46 bits per heavy atom. The van der Waals surface area contributed by atoms with Crippen LogP contribution in [0.2, 0.25) is 0 Å². The van der Waals surface area contributed by atoms with Gasteiger partial charge >= 0.3 is 17.8 Å². The molecule has 0 N–H and O–H groups in total. The summed E-state index contributed by atoms with van der Waals surface area (Å²) in [4.78, 5) is 41.3. The van der Waals surface area contributed by atoms with Crippen molar-refractivity contribution in [2.75, 3.05) is 6.54 Å². The van der Waals surface area contributed by atoms with E-state index in [1.54, 1.807) is 0 Å². The Morgan fingerprint density at radius 1 is 1.12 bits per heavy atom. The van der Waals surface area contributed by atoms with E-state index in [2.05, 4.69) is 11.6 Å². The standard InChI is InChI=1S/C16H12FN3O4/c1-2-7-19-14(21)15(22)20(16(19)23)9-13-18-8-12(24-13)10-3-5-11(17)6-4-10/h2-6,8H,1,7,9H2. The van der Waals surface area contributed by atoms with Gasteiger partial charge in [0.1, 0.15) is 12.4 Å². The van der Waals surface area contributed by atoms with Gasteiger partial charge in [-0.3, -0.25) is 14.5 Å². The minimum Gasteiger partial charge on any atom is -0.439 e. The zero-order valence-corrected chi connectivity index (χ0v) is 12.4. The number of amides is 4. The van der Waals surface area contributed by atoms with Crippen LogP contribution >= 0.6 is 0 Å². The van der Waals surface area contributed by atoms with Crippen molar-refractivity contribution in [3.63, 3.8) is 0 Å². The Balaban J connectivity index is 1.78. The molecular formula is C16H12FN3O4. The Labute approximate surface area is 136 Å². The van der Waals surface area contributed by atoms with Crippen molar-refractivity contribution in [3.05, 3.63) is 54.8 Å². The summed E-state index contributed by atoms with van der Waals surface area (Å²) in [6.45, 7) is 3.12. The maximum absolute atomic E-state index is 12.9. The van der Waals surface area contributed by atoms with Gasteiger partial charge in [0.05, 0.1) is 6.20 Å². The molecule has 2 aromatic rings. The number of oxazole rings is 1. The molecule has 1 fully saturated rings. The van der Waals surface area contributed by atoms with E-state index < -0.39 is 17.8 Å². The predicted octanol–water partition coefficient (Wildman–Crippen LogP) is 1.96. The van der Waals surface area contributed by atoms with Crippen LogP contribution in [0.1, 0.15) is 5.89 Å². The van der Waals surface area contributed by atoms with E-state index >= 15 is 0 Å². The molecular weight excluding hydrogens is 317 g/mol. The molecule has 0 spiro atoms. The SMILES string of the molecule is C=CCN1C(=O)C(=O)N(Cc2ncc(-c3ccc(F)cc3)o2)C1=O. The van der Waals surface area contributed by atoms with Crippen LogP contribution in [0.3, 0.4) is 0 Å². The van der Waals surface area contributed by atoms with Gasteiger partial charge in [0, 0.05) is 12.1 Å². The fraction of sp³-hybridized carbons (Fsp3) is 0.125. The lowest BCUT2D eigenvalue weighted by Gasteiger charge is -2.12. The second kappa shape index (κ2) is 6.07. The van der Waals surface area contributed by atoms with Crippen molar-refractivity contribution in [1.82, 2.24) is 14.8 Å². The second-order valence-electron chi connectivity index (χ2n) is 5.00. The van der Waals surface area contributed by atoms with E-state index in [1.165, 1.54) is 36.5 Å². The van der Waals surface area contributed by atoms with Crippen molar-refractivity contribution in [2.45, 2.75) is 6.54 Å². The molecule has 24 heavy (non-hydrogen) atoms. The first-order valence-corrected chi connectivity index (χ1v) is 7.00. The van der Waals surface area contributed by atoms with E-state index in [1.807, 2.05) is 0 Å². The molecule has 0 atom stereocenters. The summed E-state index contributed by atoms with van der Waals surface area (Å²) >= 11 is 0. The maximum atomic E-state index is 12.9. The van der Waals surface area contributed by atoms with Crippen LogP contribution < -0.4 is 0 Å². The van der Waals surface area contributed by atoms with Gasteiger partial charge in [-0.2, -0.15) is 0 Å². The van der Waals surface area contributed by atoms with Crippen LogP contribution in [-0.2, 0) is 16.1 Å². The number of nitrogens with zero attached hydrogens (tertiary/aromatic N) is 3. The molecule has 4 amide bonds. The van der Waals surface area contributed by atoms with E-state index in [4.69, 9.17) is 4.42 Å². The largest absolute Gasteiger partial charge is 0.439 e. The first-order valence-electron chi connectivity index (χ1n) is 7.00. The van der Waals surface area contributed by atoms with Crippen LogP contribution in [0.5, 0.6) is 0 Å². The first-order chi connectivity index (χ1) is 11.5. The average Bonchev–Trinajstić information content (AvgIpc) is 3.11. The summed E-state index contributed by atoms with van der Waals surface area (Å²) in [5.41, 5.74) is 0.596. The molecule has 0 unspecified atom stereocenters. The molecule has 1 aromatic carbocycles. The van der Waals surface area contributed by atoms with E-state index in [9.17, 15) is 18.8 Å². The van der Waals surface area contributed by atoms with Gasteiger partial charge < -0.3 is 4.42 Å². The van der Waals surface area contributed by atoms with Crippen molar-refractivity contribution in [3.8, 4) is 11.3 Å². The fourth-order valence-electron chi connectivity index (χ4n) is 2.25. The molecule has 3 rings (SSSR count). The van der Waals surface area contributed by atoms with E-state index in [0.717, 1.165) is 9.80 Å². The van der Waals surface area contributed by atoms with E-state index in [-0.39, 0.29) is 24.8 Å². The molecule has 122 valence electrons. The highest BCUT2D eigenvalue weighted by Crippen LogP contribution is 2.22. The van der Waals surface area contributed by atoms with Gasteiger partial charge in [-0.25, -0.2) is 19.1 Å². The molecule has 0 bridgehead atoms. The fourth-order valence-corrected chi connectivity index (χ4v) is 2.25. The summed E-state index contributed by atoms with van der Waals surface area (Å²) < 4.78 is 18.4. The van der Waals surface area contributed by atoms with Crippen molar-refractivity contribution < 1.29 is 23.2 Å². The number of urea groups is 1. The summed E-state index contributed by atoms with van der Waals surface area (Å²) in [7, 11) is 0. The smallest absolute Gasteiger partial charge is 0.335 e. The molecule has 8 heteroatoms. The zero-order chi connectivity index (χ0) is 17.3. The third kappa shape index (κ3) is 2.69. The highest BCUT2D eigenvalue weighted by Gasteiger charge is 2.44. The van der Waals surface area contributed by atoms with Gasteiger partial charge in [-0.05, 0) is 24.3 Å². The highest BCUT2D eigenvalue weighted by atomic mass is 19.1. The molecule has 0 aliphatic carbocycles. The van der Waals surface area contributed by atoms with E-state index in [0.29, 0.717) is 11.3 Å². The van der Waals surface area contributed by atoms with Gasteiger partial charge in [0.15, 0.2) is 5.76 Å². The van der Waals surface area contributed by atoms with Gasteiger partial charge in [0.2, 0.25) is 5.89 Å². The van der Waals surface area contributed by atoms with Crippen molar-refractivity contribution >= 4 is 17.8 Å². The molecule has 1 aliphatic heterocycles. The molecule has 1 saturated heterocycles. The summed E-state index contributed by atoms with van der Waals surface area (Å²) in [5.74, 6) is -1.79. The highest BCUT2D eigenvalue weighted by molar-refractivity contribution is 6.44.